The maximum Gasteiger partial charge on any atom is 0.120 e. The molecule has 0 saturated heterocycles. The van der Waals surface area contributed by atoms with E-state index in [1.807, 2.05) is 13.0 Å². The molecule has 0 heterocycles. The molecule has 0 spiro atoms. The van der Waals surface area contributed by atoms with Crippen molar-refractivity contribution in [3.63, 3.8) is 0 Å². The number of nitrogens with one attached hydrogen (secondary N) is 1. The summed E-state index contributed by atoms with van der Waals surface area (Å²) in [5.74, 6) is 2.79. The van der Waals surface area contributed by atoms with Crippen LogP contribution < -0.4 is 5.32 Å². The van der Waals surface area contributed by atoms with Crippen molar-refractivity contribution in [2.75, 3.05) is 7.05 Å². The van der Waals surface area contributed by atoms with Crippen molar-refractivity contribution in [1.29, 1.82) is 0 Å². The normalized spacial score (nSPS) is 13.3. The van der Waals surface area contributed by atoms with Gasteiger partial charge in [0.1, 0.15) is 5.94 Å². The van der Waals surface area contributed by atoms with Crippen molar-refractivity contribution < 1.29 is 4.79 Å². The highest BCUT2D eigenvalue weighted by Gasteiger charge is 2.09. The molecule has 0 radical (unpaired) electrons. The first-order valence-electron chi connectivity index (χ1n) is 8.44. The first kappa shape index (κ1) is 19.0. The molecule has 0 aliphatic rings. The van der Waals surface area contributed by atoms with Gasteiger partial charge in [-0.1, -0.05) is 56.0 Å². The number of rotatable bonds is 11. The van der Waals surface area contributed by atoms with Crippen molar-refractivity contribution in [3.05, 3.63) is 66.4 Å². The van der Waals surface area contributed by atoms with E-state index in [0.29, 0.717) is 11.8 Å². The molecule has 124 valence electrons. The van der Waals surface area contributed by atoms with Gasteiger partial charge in [0, 0.05) is 18.7 Å². The van der Waals surface area contributed by atoms with Crippen LogP contribution in [0.25, 0.3) is 0 Å². The molecule has 0 amide bonds. The molecule has 0 aromatic heterocycles. The molecule has 2 nitrogen and oxygen atoms in total. The van der Waals surface area contributed by atoms with Crippen molar-refractivity contribution in [2.24, 2.45) is 5.92 Å². The first-order valence-corrected chi connectivity index (χ1v) is 8.44. The molecular weight excluding hydrogens is 282 g/mol. The number of hydrogen-bond acceptors (Lipinski definition) is 2. The molecule has 2 heteroatoms. The Hall–Kier alpha value is -2.05. The van der Waals surface area contributed by atoms with E-state index in [1.165, 1.54) is 5.56 Å². The van der Waals surface area contributed by atoms with Crippen LogP contribution in [0.5, 0.6) is 0 Å². The van der Waals surface area contributed by atoms with Crippen molar-refractivity contribution >= 4 is 5.94 Å². The Balaban J connectivity index is 2.37. The van der Waals surface area contributed by atoms with Crippen LogP contribution in [-0.4, -0.2) is 13.0 Å². The lowest BCUT2D eigenvalue weighted by Gasteiger charge is -2.16. The van der Waals surface area contributed by atoms with Gasteiger partial charge >= 0.3 is 0 Å². The maximum absolute atomic E-state index is 10.3. The topological polar surface area (TPSA) is 29.1 Å². The highest BCUT2D eigenvalue weighted by Crippen LogP contribution is 2.21. The summed E-state index contributed by atoms with van der Waals surface area (Å²) in [5, 5.41) is 3.13. The van der Waals surface area contributed by atoms with Gasteiger partial charge in [-0.25, -0.2) is 4.79 Å². The zero-order valence-corrected chi connectivity index (χ0v) is 14.4. The standard InChI is InChI=1S/C21H29NO/c1-18(20-13-7-5-8-14-20)12-6-4-9-15-21(19(2)22-3)16-10-11-17-23/h4-5,7-9,11,13-14,18,21-22H,2,6,10,12,15-16H2,1,3H3/b9-4+. The summed E-state index contributed by atoms with van der Waals surface area (Å²) in [7, 11) is 1.90. The molecule has 2 atom stereocenters. The SMILES string of the molecule is C=C(NC)C(C/C=C/CCC(C)c1ccccc1)CCC=C=O. The zero-order chi connectivity index (χ0) is 16.9. The highest BCUT2D eigenvalue weighted by molar-refractivity contribution is 5.44. The number of benzene rings is 1. The number of hydrogen-bond donors (Lipinski definition) is 1. The molecule has 1 aromatic rings. The molecule has 1 aromatic carbocycles. The average Bonchev–Trinajstić information content (AvgIpc) is 2.60. The molecule has 0 fully saturated rings. The van der Waals surface area contributed by atoms with Gasteiger partial charge in [0.05, 0.1) is 0 Å². The second kappa shape index (κ2) is 11.5. The largest absolute Gasteiger partial charge is 0.392 e. The molecule has 2 unspecified atom stereocenters. The molecular formula is C21H29NO. The van der Waals surface area contributed by atoms with Crippen LogP contribution >= 0.6 is 0 Å². The predicted molar refractivity (Wildman–Crippen MR) is 99.0 cm³/mol. The summed E-state index contributed by atoms with van der Waals surface area (Å²) < 4.78 is 0. The Morgan fingerprint density at radius 1 is 1.22 bits per heavy atom. The van der Waals surface area contributed by atoms with Crippen molar-refractivity contribution in [1.82, 2.24) is 5.32 Å². The van der Waals surface area contributed by atoms with Crippen molar-refractivity contribution in [3.8, 4) is 0 Å². The fourth-order valence-corrected chi connectivity index (χ4v) is 2.65. The van der Waals surface area contributed by atoms with E-state index < -0.39 is 0 Å². The summed E-state index contributed by atoms with van der Waals surface area (Å²) in [6, 6.07) is 10.7. The monoisotopic (exact) mass is 311 g/mol. The third kappa shape index (κ3) is 7.67. The van der Waals surface area contributed by atoms with E-state index >= 15 is 0 Å². The van der Waals surface area contributed by atoms with E-state index in [0.717, 1.165) is 37.8 Å². The molecule has 1 N–H and O–H groups in total. The van der Waals surface area contributed by atoms with Crippen LogP contribution in [0.15, 0.2) is 60.8 Å². The van der Waals surface area contributed by atoms with Crippen LogP contribution in [0.2, 0.25) is 0 Å². The summed E-state index contributed by atoms with van der Waals surface area (Å²) in [4.78, 5) is 10.3. The molecule has 0 bridgehead atoms. The van der Waals surface area contributed by atoms with E-state index in [1.54, 1.807) is 6.08 Å². The summed E-state index contributed by atoms with van der Waals surface area (Å²) in [5.41, 5.74) is 2.44. The van der Waals surface area contributed by atoms with Gasteiger partial charge in [-0.15, -0.1) is 0 Å². The quantitative estimate of drug-likeness (QED) is 0.458. The van der Waals surface area contributed by atoms with Crippen LogP contribution in [0.1, 0.15) is 50.5 Å². The van der Waals surface area contributed by atoms with Gasteiger partial charge < -0.3 is 5.32 Å². The minimum atomic E-state index is 0.368. The lowest BCUT2D eigenvalue weighted by Crippen LogP contribution is -2.14. The molecule has 0 aliphatic carbocycles. The Morgan fingerprint density at radius 2 is 1.96 bits per heavy atom. The summed E-state index contributed by atoms with van der Waals surface area (Å²) in [6.45, 7) is 6.34. The van der Waals surface area contributed by atoms with Gasteiger partial charge in [0.25, 0.3) is 0 Å². The van der Waals surface area contributed by atoms with E-state index in [4.69, 9.17) is 0 Å². The van der Waals surface area contributed by atoms with Crippen LogP contribution in [0, 0.1) is 5.92 Å². The molecule has 0 aliphatic heterocycles. The second-order valence-corrected chi connectivity index (χ2v) is 5.97. The summed E-state index contributed by atoms with van der Waals surface area (Å²) >= 11 is 0. The van der Waals surface area contributed by atoms with E-state index in [2.05, 4.69) is 61.3 Å². The molecule has 0 saturated carbocycles. The fraction of sp³-hybridized carbons (Fsp3) is 0.429. The van der Waals surface area contributed by atoms with E-state index in [-0.39, 0.29) is 0 Å². The van der Waals surface area contributed by atoms with Gasteiger partial charge in [0.2, 0.25) is 0 Å². The molecule has 1 rings (SSSR count). The van der Waals surface area contributed by atoms with Gasteiger partial charge in [-0.05, 0) is 49.7 Å². The minimum absolute atomic E-state index is 0.368. The summed E-state index contributed by atoms with van der Waals surface area (Å²) in [6.07, 6.45) is 11.0. The third-order valence-corrected chi connectivity index (χ3v) is 4.28. The van der Waals surface area contributed by atoms with E-state index in [9.17, 15) is 4.79 Å². The third-order valence-electron chi connectivity index (χ3n) is 4.28. The Kier molecular flexibility index (Phi) is 9.51. The lowest BCUT2D eigenvalue weighted by atomic mass is 9.94. The first-order chi connectivity index (χ1) is 11.2. The maximum atomic E-state index is 10.3. The second-order valence-electron chi connectivity index (χ2n) is 5.97. The Morgan fingerprint density at radius 3 is 2.61 bits per heavy atom. The number of carbonyl (C=O) groups excluding carboxylic acids is 1. The van der Waals surface area contributed by atoms with Gasteiger partial charge in [0.15, 0.2) is 0 Å². The van der Waals surface area contributed by atoms with Crippen LogP contribution in [0.4, 0.5) is 0 Å². The van der Waals surface area contributed by atoms with Crippen LogP contribution in [-0.2, 0) is 4.79 Å². The number of allylic oxidation sites excluding steroid dienone is 4. The smallest absolute Gasteiger partial charge is 0.120 e. The predicted octanol–water partition coefficient (Wildman–Crippen LogP) is 5.03. The fourth-order valence-electron chi connectivity index (χ4n) is 2.65. The molecule has 23 heavy (non-hydrogen) atoms. The van der Waals surface area contributed by atoms with Crippen molar-refractivity contribution in [2.45, 2.75) is 44.9 Å². The Bertz CT molecular complexity index is 526. The minimum Gasteiger partial charge on any atom is -0.392 e. The highest BCUT2D eigenvalue weighted by atomic mass is 16.1. The van der Waals surface area contributed by atoms with Gasteiger partial charge in [-0.3, -0.25) is 0 Å². The zero-order valence-electron chi connectivity index (χ0n) is 14.4. The van der Waals surface area contributed by atoms with Gasteiger partial charge in [-0.2, -0.15) is 0 Å². The average molecular weight is 311 g/mol. The Labute approximate surface area is 141 Å². The lowest BCUT2D eigenvalue weighted by molar-refractivity contribution is 0.541. The van der Waals surface area contributed by atoms with Crippen LogP contribution in [0.3, 0.4) is 0 Å².